The van der Waals surface area contributed by atoms with E-state index in [4.69, 9.17) is 32.7 Å². The van der Waals surface area contributed by atoms with Crippen molar-refractivity contribution in [3.05, 3.63) is 52.0 Å². The van der Waals surface area contributed by atoms with Gasteiger partial charge in [-0.25, -0.2) is 0 Å². The number of carbonyl (C=O) groups is 1. The Bertz CT molecular complexity index is 783. The van der Waals surface area contributed by atoms with E-state index in [-0.39, 0.29) is 11.9 Å². The molecular formula is C19H22Cl2N2O3. The first-order chi connectivity index (χ1) is 12.3. The Morgan fingerprint density at radius 2 is 1.81 bits per heavy atom. The molecule has 0 heterocycles. The zero-order valence-electron chi connectivity index (χ0n) is 15.2. The largest absolute Gasteiger partial charge is 0.493 e. The summed E-state index contributed by atoms with van der Waals surface area (Å²) >= 11 is 12.1. The van der Waals surface area contributed by atoms with Gasteiger partial charge in [0.05, 0.1) is 31.0 Å². The standard InChI is InChI=1S/C19H22Cl2N2O3/c1-12(19(24)22-16-10-14(20)6-7-15(16)21)23(2)11-13-5-8-17(25-3)18(9-13)26-4/h5-10,12H,11H2,1-4H3,(H,22,24)/t12-/m0/s1. The Hall–Kier alpha value is -1.95. The SMILES string of the molecule is COc1ccc(CN(C)[C@@H](C)C(=O)Nc2cc(Cl)ccc2Cl)cc1OC. The number of ether oxygens (including phenoxy) is 2. The van der Waals surface area contributed by atoms with Crippen LogP contribution in [0.4, 0.5) is 5.69 Å². The van der Waals surface area contributed by atoms with Crippen LogP contribution in [-0.2, 0) is 11.3 Å². The number of hydrogen-bond acceptors (Lipinski definition) is 4. The second kappa shape index (κ2) is 9.12. The van der Waals surface area contributed by atoms with Crippen LogP contribution in [0.3, 0.4) is 0 Å². The maximum atomic E-state index is 12.5. The average Bonchev–Trinajstić information content (AvgIpc) is 2.63. The number of carbonyl (C=O) groups excluding carboxylic acids is 1. The second-order valence-corrected chi connectivity index (χ2v) is 6.74. The third-order valence-corrected chi connectivity index (χ3v) is 4.67. The maximum Gasteiger partial charge on any atom is 0.241 e. The van der Waals surface area contributed by atoms with Gasteiger partial charge < -0.3 is 14.8 Å². The summed E-state index contributed by atoms with van der Waals surface area (Å²) in [7, 11) is 5.06. The Balaban J connectivity index is 2.05. The lowest BCUT2D eigenvalue weighted by Crippen LogP contribution is -2.39. The summed E-state index contributed by atoms with van der Waals surface area (Å²) in [5, 5.41) is 3.77. The Morgan fingerprint density at radius 3 is 2.46 bits per heavy atom. The number of hydrogen-bond donors (Lipinski definition) is 1. The lowest BCUT2D eigenvalue weighted by Gasteiger charge is -2.24. The molecule has 2 aromatic rings. The molecule has 0 fully saturated rings. The number of halogens is 2. The fraction of sp³-hybridized carbons (Fsp3) is 0.316. The first kappa shape index (κ1) is 20.4. The zero-order chi connectivity index (χ0) is 19.3. The molecule has 1 N–H and O–H groups in total. The quantitative estimate of drug-likeness (QED) is 0.749. The predicted octanol–water partition coefficient (Wildman–Crippen LogP) is 4.47. The van der Waals surface area contributed by atoms with Crippen LogP contribution in [0, 0.1) is 0 Å². The highest BCUT2D eigenvalue weighted by Gasteiger charge is 2.20. The van der Waals surface area contributed by atoms with Crippen molar-refractivity contribution >= 4 is 34.8 Å². The van der Waals surface area contributed by atoms with Gasteiger partial charge in [0.2, 0.25) is 5.91 Å². The summed E-state index contributed by atoms with van der Waals surface area (Å²) in [5.74, 6) is 1.15. The molecule has 0 aliphatic carbocycles. The lowest BCUT2D eigenvalue weighted by atomic mass is 10.1. The van der Waals surface area contributed by atoms with Crippen LogP contribution < -0.4 is 14.8 Å². The van der Waals surface area contributed by atoms with E-state index in [1.54, 1.807) is 32.4 Å². The van der Waals surface area contributed by atoms with Gasteiger partial charge in [0.15, 0.2) is 11.5 Å². The minimum atomic E-state index is -0.377. The molecule has 7 heteroatoms. The molecule has 0 saturated heterocycles. The van der Waals surface area contributed by atoms with Crippen molar-refractivity contribution in [2.24, 2.45) is 0 Å². The van der Waals surface area contributed by atoms with E-state index >= 15 is 0 Å². The summed E-state index contributed by atoms with van der Waals surface area (Å²) in [4.78, 5) is 14.5. The summed E-state index contributed by atoms with van der Waals surface area (Å²) in [6, 6.07) is 10.3. The van der Waals surface area contributed by atoms with Gasteiger partial charge in [0.25, 0.3) is 0 Å². The molecule has 140 valence electrons. The Kier molecular flexibility index (Phi) is 7.14. The molecule has 0 aliphatic heterocycles. The molecule has 0 aromatic heterocycles. The Labute approximate surface area is 163 Å². The van der Waals surface area contributed by atoms with Crippen molar-refractivity contribution in [3.63, 3.8) is 0 Å². The average molecular weight is 397 g/mol. The van der Waals surface area contributed by atoms with Crippen LogP contribution >= 0.6 is 23.2 Å². The first-order valence-corrected chi connectivity index (χ1v) is 8.78. The van der Waals surface area contributed by atoms with Crippen molar-refractivity contribution in [1.29, 1.82) is 0 Å². The van der Waals surface area contributed by atoms with E-state index in [2.05, 4.69) is 5.32 Å². The van der Waals surface area contributed by atoms with Gasteiger partial charge in [-0.15, -0.1) is 0 Å². The number of benzene rings is 2. The number of nitrogens with one attached hydrogen (secondary N) is 1. The van der Waals surface area contributed by atoms with E-state index in [0.29, 0.717) is 33.8 Å². The van der Waals surface area contributed by atoms with Gasteiger partial charge in [0, 0.05) is 11.6 Å². The molecule has 0 aliphatic rings. The van der Waals surface area contributed by atoms with E-state index in [1.165, 1.54) is 0 Å². The maximum absolute atomic E-state index is 12.5. The fourth-order valence-electron chi connectivity index (χ4n) is 2.43. The van der Waals surface area contributed by atoms with Crippen LogP contribution in [0.25, 0.3) is 0 Å². The monoisotopic (exact) mass is 396 g/mol. The Morgan fingerprint density at radius 1 is 1.12 bits per heavy atom. The van der Waals surface area contributed by atoms with Crippen molar-refractivity contribution in [2.45, 2.75) is 19.5 Å². The summed E-state index contributed by atoms with van der Waals surface area (Å²) in [6.45, 7) is 2.40. The number of rotatable bonds is 7. The lowest BCUT2D eigenvalue weighted by molar-refractivity contribution is -0.120. The normalized spacial score (nSPS) is 12.0. The third kappa shape index (κ3) is 5.04. The molecule has 0 bridgehead atoms. The molecule has 1 amide bonds. The molecule has 0 saturated carbocycles. The summed E-state index contributed by atoms with van der Waals surface area (Å²) in [5.41, 5.74) is 1.50. The molecule has 0 spiro atoms. The smallest absolute Gasteiger partial charge is 0.241 e. The second-order valence-electron chi connectivity index (χ2n) is 5.89. The number of amides is 1. The summed E-state index contributed by atoms with van der Waals surface area (Å²) < 4.78 is 10.6. The molecule has 26 heavy (non-hydrogen) atoms. The van der Waals surface area contributed by atoms with Crippen LogP contribution in [0.2, 0.25) is 10.0 Å². The van der Waals surface area contributed by atoms with Crippen molar-refractivity contribution < 1.29 is 14.3 Å². The van der Waals surface area contributed by atoms with E-state index in [9.17, 15) is 4.79 Å². The molecular weight excluding hydrogens is 375 g/mol. The highest BCUT2D eigenvalue weighted by molar-refractivity contribution is 6.35. The van der Waals surface area contributed by atoms with E-state index in [0.717, 1.165) is 5.56 Å². The van der Waals surface area contributed by atoms with Gasteiger partial charge in [-0.1, -0.05) is 29.3 Å². The topological polar surface area (TPSA) is 50.8 Å². The van der Waals surface area contributed by atoms with Gasteiger partial charge >= 0.3 is 0 Å². The van der Waals surface area contributed by atoms with Crippen LogP contribution in [0.15, 0.2) is 36.4 Å². The van der Waals surface area contributed by atoms with Crippen molar-refractivity contribution in [1.82, 2.24) is 4.90 Å². The first-order valence-electron chi connectivity index (χ1n) is 8.02. The van der Waals surface area contributed by atoms with Gasteiger partial charge in [0.1, 0.15) is 0 Å². The van der Waals surface area contributed by atoms with E-state index < -0.39 is 0 Å². The number of methoxy groups -OCH3 is 2. The molecule has 2 aromatic carbocycles. The van der Waals surface area contributed by atoms with E-state index in [1.807, 2.05) is 37.1 Å². The van der Waals surface area contributed by atoms with Gasteiger partial charge in [-0.2, -0.15) is 0 Å². The molecule has 2 rings (SSSR count). The minimum absolute atomic E-state index is 0.169. The van der Waals surface area contributed by atoms with Gasteiger partial charge in [-0.3, -0.25) is 9.69 Å². The van der Waals surface area contributed by atoms with Gasteiger partial charge in [-0.05, 0) is 49.9 Å². The molecule has 1 atom stereocenters. The number of anilines is 1. The highest BCUT2D eigenvalue weighted by atomic mass is 35.5. The van der Waals surface area contributed by atoms with Crippen molar-refractivity contribution in [2.75, 3.05) is 26.6 Å². The fourth-order valence-corrected chi connectivity index (χ4v) is 2.77. The molecule has 0 unspecified atom stereocenters. The molecule has 0 radical (unpaired) electrons. The number of likely N-dealkylation sites (N-methyl/N-ethyl adjacent to an activating group) is 1. The number of nitrogens with zero attached hydrogens (tertiary/aromatic N) is 1. The molecule has 5 nitrogen and oxygen atoms in total. The third-order valence-electron chi connectivity index (χ3n) is 4.11. The van der Waals surface area contributed by atoms with Crippen LogP contribution in [0.1, 0.15) is 12.5 Å². The van der Waals surface area contributed by atoms with Crippen molar-refractivity contribution in [3.8, 4) is 11.5 Å². The summed E-state index contributed by atoms with van der Waals surface area (Å²) in [6.07, 6.45) is 0. The van der Waals surface area contributed by atoms with Crippen LogP contribution in [0.5, 0.6) is 11.5 Å². The highest BCUT2D eigenvalue weighted by Crippen LogP contribution is 2.28. The van der Waals surface area contributed by atoms with Crippen LogP contribution in [-0.4, -0.2) is 38.1 Å². The minimum Gasteiger partial charge on any atom is -0.493 e. The predicted molar refractivity (Wildman–Crippen MR) is 106 cm³/mol. The zero-order valence-corrected chi connectivity index (χ0v) is 16.7.